The van der Waals surface area contributed by atoms with Crippen molar-refractivity contribution in [3.8, 4) is 0 Å². The Morgan fingerprint density at radius 1 is 1.09 bits per heavy atom. The summed E-state index contributed by atoms with van der Waals surface area (Å²) < 4.78 is 75.2. The quantitative estimate of drug-likeness (QED) is 0.749. The lowest BCUT2D eigenvalue weighted by atomic mass is 10.2. The van der Waals surface area contributed by atoms with Crippen LogP contribution in [0.2, 0.25) is 0 Å². The molecule has 2 aromatic rings. The lowest BCUT2D eigenvalue weighted by Gasteiger charge is -2.13. The Morgan fingerprint density at radius 3 is 2.18 bits per heavy atom. The second-order valence-electron chi connectivity index (χ2n) is 4.41. The third kappa shape index (κ3) is 2.83. The molecular weight excluding hydrogens is 320 g/mol. The van der Waals surface area contributed by atoms with E-state index in [-0.39, 0.29) is 4.57 Å². The summed E-state index contributed by atoms with van der Waals surface area (Å²) in [5, 5.41) is -0.514. The molecule has 0 fully saturated rings. The molecule has 0 aliphatic heterocycles. The number of aryl methyl sites for hydroxylation is 1. The number of hydrogen-bond donors (Lipinski definition) is 0. The van der Waals surface area contributed by atoms with Crippen molar-refractivity contribution in [3.63, 3.8) is 0 Å². The molecule has 22 heavy (non-hydrogen) atoms. The second kappa shape index (κ2) is 4.85. The molecule has 0 spiro atoms. The summed E-state index contributed by atoms with van der Waals surface area (Å²) in [7, 11) is 0.935. The van der Waals surface area contributed by atoms with E-state index in [1.807, 2.05) is 0 Å². The molecule has 0 bridgehead atoms. The minimum Gasteiger partial charge on any atom is -0.280 e. The van der Waals surface area contributed by atoms with E-state index in [9.17, 15) is 35.9 Å². The van der Waals surface area contributed by atoms with Gasteiger partial charge in [-0.2, -0.15) is 26.3 Å². The van der Waals surface area contributed by atoms with Crippen molar-refractivity contribution in [1.82, 2.24) is 14.1 Å². The lowest BCUT2D eigenvalue weighted by molar-refractivity contribution is -0.142. The van der Waals surface area contributed by atoms with Gasteiger partial charge in [-0.05, 0) is 12.1 Å². The van der Waals surface area contributed by atoms with Gasteiger partial charge in [-0.1, -0.05) is 0 Å². The highest BCUT2D eigenvalue weighted by Crippen LogP contribution is 2.28. The third-order valence-electron chi connectivity index (χ3n) is 2.81. The van der Waals surface area contributed by atoms with Crippen LogP contribution in [0, 0.1) is 0 Å². The number of nitrogens with zero attached hydrogens (tertiary/aromatic N) is 3. The Morgan fingerprint density at radius 2 is 1.68 bits per heavy atom. The summed E-state index contributed by atoms with van der Waals surface area (Å²) in [6.07, 6.45) is -9.64. The van der Waals surface area contributed by atoms with Crippen molar-refractivity contribution in [2.45, 2.75) is 18.9 Å². The van der Waals surface area contributed by atoms with Gasteiger partial charge in [0.05, 0.1) is 5.39 Å². The van der Waals surface area contributed by atoms with E-state index in [4.69, 9.17) is 0 Å². The molecule has 2 aromatic heterocycles. The number of halogens is 6. The molecule has 120 valence electrons. The molecule has 0 amide bonds. The second-order valence-corrected chi connectivity index (χ2v) is 4.41. The van der Waals surface area contributed by atoms with Crippen LogP contribution in [0.25, 0.3) is 11.0 Å². The highest BCUT2D eigenvalue weighted by Gasteiger charge is 2.34. The first-order valence-corrected chi connectivity index (χ1v) is 5.66. The van der Waals surface area contributed by atoms with Gasteiger partial charge in [-0.3, -0.25) is 13.9 Å². The molecule has 2 rings (SSSR count). The summed E-state index contributed by atoms with van der Waals surface area (Å²) in [5.41, 5.74) is -4.75. The van der Waals surface area contributed by atoms with E-state index < -0.39 is 46.9 Å². The third-order valence-corrected chi connectivity index (χ3v) is 2.81. The van der Waals surface area contributed by atoms with Gasteiger partial charge in [0, 0.05) is 7.05 Å². The predicted octanol–water partition coefficient (Wildman–Crippen LogP) is 1.68. The Kier molecular flexibility index (Phi) is 3.54. The Bertz CT molecular complexity index is 846. The minimum atomic E-state index is -4.83. The number of alkyl halides is 6. The van der Waals surface area contributed by atoms with Crippen LogP contribution < -0.4 is 11.2 Å². The molecule has 5 nitrogen and oxygen atoms in total. The molecule has 0 saturated carbocycles. The smallest absolute Gasteiger partial charge is 0.280 e. The van der Waals surface area contributed by atoms with Crippen LogP contribution >= 0.6 is 0 Å². The summed E-state index contributed by atoms with van der Waals surface area (Å²) in [5.74, 6) is 0. The van der Waals surface area contributed by atoms with E-state index in [2.05, 4.69) is 4.98 Å². The highest BCUT2D eigenvalue weighted by molar-refractivity contribution is 5.74. The maximum absolute atomic E-state index is 12.6. The van der Waals surface area contributed by atoms with Crippen molar-refractivity contribution in [1.29, 1.82) is 0 Å². The average Bonchev–Trinajstić information content (AvgIpc) is 2.38. The SMILES string of the molecule is Cn1c(=O)n(CC(F)(F)F)c(=O)c2ccc(C(F)(F)F)nc21. The average molecular weight is 327 g/mol. The fourth-order valence-electron chi connectivity index (χ4n) is 1.85. The Labute approximate surface area is 117 Å². The highest BCUT2D eigenvalue weighted by atomic mass is 19.4. The molecule has 0 aromatic carbocycles. The summed E-state index contributed by atoms with van der Waals surface area (Å²) in [6, 6.07) is 1.16. The van der Waals surface area contributed by atoms with E-state index in [0.29, 0.717) is 16.7 Å². The van der Waals surface area contributed by atoms with Crippen molar-refractivity contribution in [2.24, 2.45) is 7.05 Å². The largest absolute Gasteiger partial charge is 0.433 e. The maximum Gasteiger partial charge on any atom is 0.433 e. The number of pyridine rings is 1. The van der Waals surface area contributed by atoms with Crippen LogP contribution in [0.1, 0.15) is 5.69 Å². The van der Waals surface area contributed by atoms with Gasteiger partial charge < -0.3 is 0 Å². The minimum absolute atomic E-state index is 0.0999. The first-order chi connectivity index (χ1) is 9.92. The molecule has 11 heteroatoms. The summed E-state index contributed by atoms with van der Waals surface area (Å²) >= 11 is 0. The van der Waals surface area contributed by atoms with Crippen molar-refractivity contribution in [2.75, 3.05) is 0 Å². The van der Waals surface area contributed by atoms with Gasteiger partial charge >= 0.3 is 18.0 Å². The van der Waals surface area contributed by atoms with Crippen molar-refractivity contribution < 1.29 is 26.3 Å². The molecule has 0 aliphatic rings. The van der Waals surface area contributed by atoms with Crippen LogP contribution in [0.5, 0.6) is 0 Å². The number of aromatic nitrogens is 3. The number of fused-ring (bicyclic) bond motifs is 1. The van der Waals surface area contributed by atoms with E-state index >= 15 is 0 Å². The summed E-state index contributed by atoms with van der Waals surface area (Å²) in [6.45, 7) is -1.84. The standard InChI is InChI=1S/C11H7F6N3O2/c1-19-7-5(2-3-6(18-7)11(15,16)17)8(21)20(9(19)22)4-10(12,13)14/h2-3H,4H2,1H3. The van der Waals surface area contributed by atoms with Gasteiger partial charge in [-0.15, -0.1) is 0 Å². The van der Waals surface area contributed by atoms with Crippen molar-refractivity contribution in [3.05, 3.63) is 38.7 Å². The Hall–Kier alpha value is -2.33. The van der Waals surface area contributed by atoms with Crippen LogP contribution in [0.15, 0.2) is 21.7 Å². The Balaban J connectivity index is 2.82. The molecule has 0 atom stereocenters. The maximum atomic E-state index is 12.6. The fraction of sp³-hybridized carbons (Fsp3) is 0.364. The van der Waals surface area contributed by atoms with E-state index in [1.54, 1.807) is 0 Å². The first kappa shape index (κ1) is 16.0. The predicted molar refractivity (Wildman–Crippen MR) is 62.3 cm³/mol. The first-order valence-electron chi connectivity index (χ1n) is 5.66. The molecule has 0 N–H and O–H groups in total. The number of rotatable bonds is 1. The molecule has 0 saturated heterocycles. The van der Waals surface area contributed by atoms with E-state index in [1.165, 1.54) is 0 Å². The van der Waals surface area contributed by atoms with Crippen LogP contribution in [0.4, 0.5) is 26.3 Å². The molecule has 2 heterocycles. The van der Waals surface area contributed by atoms with Gasteiger partial charge in [-0.25, -0.2) is 9.78 Å². The van der Waals surface area contributed by atoms with Gasteiger partial charge in [0.2, 0.25) is 0 Å². The fourth-order valence-corrected chi connectivity index (χ4v) is 1.85. The van der Waals surface area contributed by atoms with Crippen LogP contribution in [-0.2, 0) is 19.8 Å². The molecular formula is C11H7F6N3O2. The summed E-state index contributed by atoms with van der Waals surface area (Å²) in [4.78, 5) is 26.8. The zero-order chi connectivity index (χ0) is 16.9. The topological polar surface area (TPSA) is 56.9 Å². The monoisotopic (exact) mass is 327 g/mol. The zero-order valence-corrected chi connectivity index (χ0v) is 10.8. The van der Waals surface area contributed by atoms with Gasteiger partial charge in [0.15, 0.2) is 0 Å². The normalized spacial score (nSPS) is 12.9. The van der Waals surface area contributed by atoms with Crippen molar-refractivity contribution >= 4 is 11.0 Å². The van der Waals surface area contributed by atoms with Gasteiger partial charge in [0.1, 0.15) is 17.9 Å². The van der Waals surface area contributed by atoms with Gasteiger partial charge in [0.25, 0.3) is 5.56 Å². The van der Waals surface area contributed by atoms with E-state index in [0.717, 1.165) is 7.05 Å². The molecule has 0 aliphatic carbocycles. The molecule has 0 radical (unpaired) electrons. The zero-order valence-electron chi connectivity index (χ0n) is 10.8. The number of hydrogen-bond acceptors (Lipinski definition) is 3. The molecule has 0 unspecified atom stereocenters. The van der Waals surface area contributed by atoms with Crippen LogP contribution in [-0.4, -0.2) is 20.3 Å². The lowest BCUT2D eigenvalue weighted by Crippen LogP contribution is -2.42. The van der Waals surface area contributed by atoms with Crippen LogP contribution in [0.3, 0.4) is 0 Å².